The average molecular weight is 849 g/mol. The topological polar surface area (TPSA) is 151 Å². The second kappa shape index (κ2) is 20.9. The quantitative estimate of drug-likeness (QED) is 0.119. The Kier molecular flexibility index (Phi) is 15.7. The number of esters is 4. The lowest BCUT2D eigenvalue weighted by Crippen LogP contribution is -2.57. The molecule has 3 aliphatic rings. The van der Waals surface area contributed by atoms with Gasteiger partial charge in [-0.2, -0.15) is 0 Å². The van der Waals surface area contributed by atoms with E-state index in [4.69, 9.17) is 42.6 Å². The van der Waals surface area contributed by atoms with Crippen molar-refractivity contribution in [3.63, 3.8) is 0 Å². The Morgan fingerprint density at radius 2 is 0.803 bits per heavy atom. The SMILES string of the molecule is CC(=O)OCC1OC(OCC2OC(OCC3OC(F)C(OC(=O)c4ccccc4)C(C)C3C)C(OC(=O)c3ccccc3)C(C)C2C)C(OC(=O)c2ccccc2)C(C)C1C. The van der Waals surface area contributed by atoms with E-state index in [1.54, 1.807) is 97.9 Å². The first-order chi connectivity index (χ1) is 29.2. The molecule has 3 saturated heterocycles. The first-order valence-corrected chi connectivity index (χ1v) is 21.0. The van der Waals surface area contributed by atoms with E-state index in [1.165, 1.54) is 6.92 Å². The molecule has 61 heavy (non-hydrogen) atoms. The number of carbonyl (C=O) groups excluding carboxylic acids is 4. The van der Waals surface area contributed by atoms with Crippen LogP contribution in [-0.4, -0.2) is 99.3 Å². The number of hydrogen-bond donors (Lipinski definition) is 0. The van der Waals surface area contributed by atoms with Crippen LogP contribution in [0, 0.1) is 35.5 Å². The molecule has 14 heteroatoms. The van der Waals surface area contributed by atoms with Gasteiger partial charge in [-0.25, -0.2) is 18.8 Å². The van der Waals surface area contributed by atoms with E-state index in [2.05, 4.69) is 0 Å². The van der Waals surface area contributed by atoms with Gasteiger partial charge in [0, 0.05) is 24.7 Å². The Balaban J connectivity index is 1.18. The van der Waals surface area contributed by atoms with Gasteiger partial charge in [-0.15, -0.1) is 0 Å². The van der Waals surface area contributed by atoms with Gasteiger partial charge in [0.05, 0.1) is 48.2 Å². The van der Waals surface area contributed by atoms with Gasteiger partial charge in [0.15, 0.2) is 30.9 Å². The van der Waals surface area contributed by atoms with Crippen LogP contribution in [0.15, 0.2) is 91.0 Å². The molecule has 3 aromatic carbocycles. The van der Waals surface area contributed by atoms with E-state index < -0.39 is 85.4 Å². The third kappa shape index (κ3) is 11.2. The summed E-state index contributed by atoms with van der Waals surface area (Å²) in [5, 5.41) is 0. The highest BCUT2D eigenvalue weighted by atomic mass is 19.1. The van der Waals surface area contributed by atoms with Gasteiger partial charge in [0.2, 0.25) is 6.36 Å². The predicted octanol–water partition coefficient (Wildman–Crippen LogP) is 7.22. The van der Waals surface area contributed by atoms with E-state index in [1.807, 2.05) is 34.6 Å². The van der Waals surface area contributed by atoms with Crippen molar-refractivity contribution in [1.82, 2.24) is 0 Å². The highest BCUT2D eigenvalue weighted by Crippen LogP contribution is 2.39. The number of rotatable bonds is 14. The Bertz CT molecular complexity index is 1900. The molecule has 330 valence electrons. The van der Waals surface area contributed by atoms with Crippen LogP contribution in [0.3, 0.4) is 0 Å². The third-order valence-corrected chi connectivity index (χ3v) is 12.6. The van der Waals surface area contributed by atoms with Gasteiger partial charge < -0.3 is 42.6 Å². The van der Waals surface area contributed by atoms with E-state index in [-0.39, 0.29) is 49.4 Å². The molecule has 0 amide bonds. The molecule has 3 heterocycles. The summed E-state index contributed by atoms with van der Waals surface area (Å²) in [6.45, 7) is 12.5. The molecule has 0 N–H and O–H groups in total. The van der Waals surface area contributed by atoms with Crippen LogP contribution in [0.5, 0.6) is 0 Å². The Morgan fingerprint density at radius 1 is 0.475 bits per heavy atom. The summed E-state index contributed by atoms with van der Waals surface area (Å²) < 4.78 is 70.3. The van der Waals surface area contributed by atoms with Gasteiger partial charge in [0.25, 0.3) is 0 Å². The number of ether oxygens (including phenoxy) is 9. The molecular formula is C47H57FO13. The molecule has 0 radical (unpaired) electrons. The van der Waals surface area contributed by atoms with Gasteiger partial charge >= 0.3 is 23.9 Å². The highest BCUT2D eigenvalue weighted by Gasteiger charge is 2.50. The minimum Gasteiger partial charge on any atom is -0.463 e. The molecule has 0 aliphatic carbocycles. The minimum atomic E-state index is -1.93. The number of carbonyl (C=O) groups is 4. The Morgan fingerprint density at radius 3 is 1.18 bits per heavy atom. The normalized spacial score (nSPS) is 33.8. The molecule has 13 nitrogen and oxygen atoms in total. The average Bonchev–Trinajstić information content (AvgIpc) is 3.27. The molecule has 0 aromatic heterocycles. The summed E-state index contributed by atoms with van der Waals surface area (Å²) in [7, 11) is 0. The summed E-state index contributed by atoms with van der Waals surface area (Å²) in [6.07, 6.45) is -9.00. The maximum Gasteiger partial charge on any atom is 0.338 e. The van der Waals surface area contributed by atoms with Crippen molar-refractivity contribution in [3.05, 3.63) is 108 Å². The minimum absolute atomic E-state index is 0.0198. The molecule has 0 bridgehead atoms. The van der Waals surface area contributed by atoms with Crippen LogP contribution in [0.25, 0.3) is 0 Å². The van der Waals surface area contributed by atoms with Crippen molar-refractivity contribution < 1.29 is 66.2 Å². The summed E-state index contributed by atoms with van der Waals surface area (Å²) in [6, 6.07) is 25.5. The van der Waals surface area contributed by atoms with Gasteiger partial charge in [-0.1, -0.05) is 96.1 Å². The lowest BCUT2D eigenvalue weighted by atomic mass is 9.82. The van der Waals surface area contributed by atoms with Crippen molar-refractivity contribution in [1.29, 1.82) is 0 Å². The van der Waals surface area contributed by atoms with Crippen LogP contribution >= 0.6 is 0 Å². The lowest BCUT2D eigenvalue weighted by molar-refractivity contribution is -0.315. The molecule has 0 saturated carbocycles. The second-order valence-corrected chi connectivity index (χ2v) is 16.4. The summed E-state index contributed by atoms with van der Waals surface area (Å²) >= 11 is 0. The maximum atomic E-state index is 15.7. The fraction of sp³-hybridized carbons (Fsp3) is 0.532. The largest absolute Gasteiger partial charge is 0.463 e. The van der Waals surface area contributed by atoms with Crippen molar-refractivity contribution >= 4 is 23.9 Å². The molecule has 3 aliphatic heterocycles. The van der Waals surface area contributed by atoms with Gasteiger partial charge in [-0.05, 0) is 54.2 Å². The van der Waals surface area contributed by atoms with Crippen LogP contribution in [0.2, 0.25) is 0 Å². The summed E-state index contributed by atoms with van der Waals surface area (Å²) in [4.78, 5) is 51.4. The zero-order chi connectivity index (χ0) is 43.8. The Labute approximate surface area is 356 Å². The fourth-order valence-corrected chi connectivity index (χ4v) is 7.97. The fourth-order valence-electron chi connectivity index (χ4n) is 7.97. The van der Waals surface area contributed by atoms with Crippen molar-refractivity contribution in [2.45, 2.75) is 104 Å². The highest BCUT2D eigenvalue weighted by molar-refractivity contribution is 5.90. The molecule has 3 fully saturated rings. The number of benzene rings is 3. The lowest BCUT2D eigenvalue weighted by Gasteiger charge is -2.46. The van der Waals surface area contributed by atoms with E-state index in [0.29, 0.717) is 16.7 Å². The Hall–Kier alpha value is -4.73. The van der Waals surface area contributed by atoms with E-state index >= 15 is 4.39 Å². The molecular weight excluding hydrogens is 792 g/mol. The third-order valence-electron chi connectivity index (χ3n) is 12.6. The standard InChI is InChI=1S/C47H57FO13/c1-26-29(4)39(59-43(50)33-17-11-8-12-18-33)42(48)56-36(26)24-54-46-41(61-45(52)35-21-15-10-16-22-35)31(6)28(3)38(58-46)25-55-47-40(60-44(51)34-19-13-9-14-20-34)30(5)27(2)37(57-47)23-53-32(7)49/h8-22,26-31,36-42,46-47H,23-25H2,1-7H3. The van der Waals surface area contributed by atoms with Crippen molar-refractivity contribution in [2.24, 2.45) is 35.5 Å². The number of hydrogen-bond acceptors (Lipinski definition) is 13. The van der Waals surface area contributed by atoms with Crippen LogP contribution in [0.4, 0.5) is 4.39 Å². The number of alkyl halides is 1. The zero-order valence-corrected chi connectivity index (χ0v) is 35.6. The van der Waals surface area contributed by atoms with Crippen molar-refractivity contribution in [2.75, 3.05) is 19.8 Å². The second-order valence-electron chi connectivity index (χ2n) is 16.4. The molecule has 0 spiro atoms. The molecule has 15 atom stereocenters. The molecule has 6 rings (SSSR count). The van der Waals surface area contributed by atoms with E-state index in [9.17, 15) is 19.2 Å². The van der Waals surface area contributed by atoms with Crippen LogP contribution < -0.4 is 0 Å². The number of halogens is 1. The van der Waals surface area contributed by atoms with Crippen molar-refractivity contribution in [3.8, 4) is 0 Å². The molecule has 15 unspecified atom stereocenters. The molecule has 3 aromatic rings. The van der Waals surface area contributed by atoms with Gasteiger partial charge in [0.1, 0.15) is 6.61 Å². The first-order valence-electron chi connectivity index (χ1n) is 21.0. The zero-order valence-electron chi connectivity index (χ0n) is 35.6. The maximum absolute atomic E-state index is 15.7. The first kappa shape index (κ1) is 45.8. The summed E-state index contributed by atoms with van der Waals surface area (Å²) in [5.41, 5.74) is 1.01. The van der Waals surface area contributed by atoms with Crippen LogP contribution in [-0.2, 0) is 47.4 Å². The van der Waals surface area contributed by atoms with Gasteiger partial charge in [-0.3, -0.25) is 4.79 Å². The van der Waals surface area contributed by atoms with Crippen LogP contribution in [0.1, 0.15) is 79.5 Å². The summed E-state index contributed by atoms with van der Waals surface area (Å²) in [5.74, 6) is -4.05. The van der Waals surface area contributed by atoms with E-state index in [0.717, 1.165) is 0 Å². The smallest absolute Gasteiger partial charge is 0.338 e. The predicted molar refractivity (Wildman–Crippen MR) is 218 cm³/mol. The monoisotopic (exact) mass is 848 g/mol.